The number of carbonyl (C=O) groups is 1. The van der Waals surface area contributed by atoms with E-state index in [-0.39, 0.29) is 35.6 Å². The zero-order valence-corrected chi connectivity index (χ0v) is 19.3. The minimum atomic E-state index is -0.287. The minimum Gasteiger partial charge on any atom is -0.462 e. The van der Waals surface area contributed by atoms with Crippen molar-refractivity contribution in [2.24, 2.45) is 47.0 Å². The van der Waals surface area contributed by atoms with Crippen molar-refractivity contribution in [3.05, 3.63) is 78.3 Å². The van der Waals surface area contributed by atoms with Gasteiger partial charge < -0.3 is 16.2 Å². The van der Waals surface area contributed by atoms with Crippen LogP contribution in [0.3, 0.4) is 0 Å². The van der Waals surface area contributed by atoms with Gasteiger partial charge in [-0.1, -0.05) is 36.9 Å². The fraction of sp³-hybridized carbons (Fsp3) is 0.464. The zero-order valence-electron chi connectivity index (χ0n) is 19.3. The van der Waals surface area contributed by atoms with E-state index in [1.807, 2.05) is 31.2 Å². The molecule has 3 aliphatic rings. The second kappa shape index (κ2) is 10.1. The van der Waals surface area contributed by atoms with Crippen LogP contribution < -0.4 is 11.5 Å². The van der Waals surface area contributed by atoms with Crippen LogP contribution in [0.5, 0.6) is 0 Å². The molecule has 0 bridgehead atoms. The molecule has 0 unspecified atom stereocenters. The fourth-order valence-corrected chi connectivity index (χ4v) is 6.34. The van der Waals surface area contributed by atoms with Gasteiger partial charge in [-0.05, 0) is 98.2 Å². The van der Waals surface area contributed by atoms with Gasteiger partial charge in [0.2, 0.25) is 0 Å². The monoisotopic (exact) mass is 450 g/mol. The molecule has 7 atom stereocenters. The Bertz CT molecular complexity index is 982. The molecule has 4 N–H and O–H groups in total. The Morgan fingerprint density at radius 2 is 2.09 bits per heavy atom. The third-order valence-electron chi connectivity index (χ3n) is 7.93. The summed E-state index contributed by atoms with van der Waals surface area (Å²) in [6, 6.07) is 6.42. The number of fused-ring (bicyclic) bond motifs is 2. The second-order valence-electron chi connectivity index (χ2n) is 9.84. The van der Waals surface area contributed by atoms with Gasteiger partial charge in [0, 0.05) is 11.6 Å². The van der Waals surface area contributed by atoms with E-state index >= 15 is 0 Å². The van der Waals surface area contributed by atoms with Crippen molar-refractivity contribution in [2.45, 2.75) is 38.7 Å². The summed E-state index contributed by atoms with van der Waals surface area (Å²) in [5, 5.41) is 0. The van der Waals surface area contributed by atoms with Gasteiger partial charge in [-0.15, -0.1) is 0 Å². The van der Waals surface area contributed by atoms with E-state index in [1.165, 1.54) is 12.1 Å². The van der Waals surface area contributed by atoms with Crippen LogP contribution in [-0.2, 0) is 9.53 Å². The molecule has 1 heterocycles. The first-order valence-corrected chi connectivity index (χ1v) is 12.1. The minimum absolute atomic E-state index is 0.0298. The molecule has 176 valence electrons. The van der Waals surface area contributed by atoms with Crippen molar-refractivity contribution in [1.29, 1.82) is 0 Å². The molecule has 1 saturated heterocycles. The number of hydrogen-bond donors (Lipinski definition) is 2. The topological polar surface area (TPSA) is 78.3 Å². The predicted octanol–water partition coefficient (Wildman–Crippen LogP) is 4.98. The molecule has 5 heteroatoms. The standard InChI is InChI=1S/C28H35FN2O2/c1-3-19(20-5-4-6-22(29)14-20)8-9-23(31)10-12-25-24-11-7-18(16-30)13-21(24)15-26-27(25)17(2)33-28(26)32/h3-6,8-10,12,14,17-18,21,24-27H,1,7,11,13,15-16,30-31H2,2H3/b12-10+,19-8+,23-9-/t17-,18-,21+,24-,25+,26-,27+/m1/s1. The van der Waals surface area contributed by atoms with Gasteiger partial charge in [0.05, 0.1) is 5.92 Å². The van der Waals surface area contributed by atoms with Crippen molar-refractivity contribution in [1.82, 2.24) is 0 Å². The first-order chi connectivity index (χ1) is 15.9. The van der Waals surface area contributed by atoms with Gasteiger partial charge in [0.25, 0.3) is 0 Å². The Hall–Kier alpha value is -2.66. The average Bonchev–Trinajstić information content (AvgIpc) is 3.09. The maximum atomic E-state index is 13.6. The molecule has 4 nitrogen and oxygen atoms in total. The molecule has 1 aromatic rings. The highest BCUT2D eigenvalue weighted by atomic mass is 19.1. The molecule has 2 aliphatic carbocycles. The molecule has 4 rings (SSSR count). The van der Waals surface area contributed by atoms with Crippen molar-refractivity contribution in [2.75, 3.05) is 6.54 Å². The number of benzene rings is 1. The average molecular weight is 451 g/mol. The summed E-state index contributed by atoms with van der Waals surface area (Å²) in [5.74, 6) is 1.68. The molecular formula is C28H35FN2O2. The Kier molecular flexibility index (Phi) is 7.18. The third kappa shape index (κ3) is 4.98. The number of halogens is 1. The molecule has 3 fully saturated rings. The van der Waals surface area contributed by atoms with Crippen LogP contribution in [0, 0.1) is 41.3 Å². The van der Waals surface area contributed by atoms with E-state index in [2.05, 4.69) is 12.7 Å². The van der Waals surface area contributed by atoms with Crippen molar-refractivity contribution < 1.29 is 13.9 Å². The number of hydrogen-bond acceptors (Lipinski definition) is 4. The number of esters is 1. The number of rotatable bonds is 6. The summed E-state index contributed by atoms with van der Waals surface area (Å²) in [6.07, 6.45) is 13.7. The maximum Gasteiger partial charge on any atom is 0.309 e. The van der Waals surface area contributed by atoms with Crippen molar-refractivity contribution in [3.8, 4) is 0 Å². The van der Waals surface area contributed by atoms with Crippen molar-refractivity contribution in [3.63, 3.8) is 0 Å². The van der Waals surface area contributed by atoms with Gasteiger partial charge in [0.1, 0.15) is 11.9 Å². The van der Waals surface area contributed by atoms with Crippen LogP contribution in [0.1, 0.15) is 38.2 Å². The van der Waals surface area contributed by atoms with Crippen LogP contribution in [0.4, 0.5) is 4.39 Å². The van der Waals surface area contributed by atoms with Crippen LogP contribution in [-0.4, -0.2) is 18.6 Å². The van der Waals surface area contributed by atoms with Crippen molar-refractivity contribution >= 4 is 11.5 Å². The molecule has 1 aliphatic heterocycles. The summed E-state index contributed by atoms with van der Waals surface area (Å²) in [4.78, 5) is 12.5. The highest BCUT2D eigenvalue weighted by molar-refractivity contribution is 5.76. The summed E-state index contributed by atoms with van der Waals surface area (Å²) in [5.41, 5.74) is 14.5. The summed E-state index contributed by atoms with van der Waals surface area (Å²) in [6.45, 7) is 6.58. The number of carbonyl (C=O) groups excluding carboxylic acids is 1. The lowest BCUT2D eigenvalue weighted by Crippen LogP contribution is -2.44. The summed E-state index contributed by atoms with van der Waals surface area (Å²) < 4.78 is 19.2. The lowest BCUT2D eigenvalue weighted by molar-refractivity contribution is -0.144. The lowest BCUT2D eigenvalue weighted by atomic mass is 9.56. The highest BCUT2D eigenvalue weighted by Gasteiger charge is 2.54. The first kappa shape index (κ1) is 23.5. The van der Waals surface area contributed by atoms with E-state index in [9.17, 15) is 9.18 Å². The van der Waals surface area contributed by atoms with Crippen LogP contribution in [0.25, 0.3) is 5.57 Å². The number of nitrogens with two attached hydrogens (primary N) is 2. The van der Waals surface area contributed by atoms with E-state index < -0.39 is 0 Å². The van der Waals surface area contributed by atoms with E-state index in [0.29, 0.717) is 23.5 Å². The van der Waals surface area contributed by atoms with Crippen LogP contribution >= 0.6 is 0 Å². The Morgan fingerprint density at radius 3 is 2.82 bits per heavy atom. The second-order valence-corrected chi connectivity index (χ2v) is 9.84. The molecule has 33 heavy (non-hydrogen) atoms. The Labute approximate surface area is 196 Å². The largest absolute Gasteiger partial charge is 0.462 e. The lowest BCUT2D eigenvalue weighted by Gasteiger charge is -2.47. The molecule has 1 aromatic carbocycles. The third-order valence-corrected chi connectivity index (χ3v) is 7.93. The number of allylic oxidation sites excluding steroid dienone is 6. The van der Waals surface area contributed by atoms with E-state index in [4.69, 9.17) is 16.2 Å². The van der Waals surface area contributed by atoms with Crippen LogP contribution in [0.15, 0.2) is 66.9 Å². The number of ether oxygens (including phenoxy) is 1. The molecular weight excluding hydrogens is 415 g/mol. The molecule has 0 spiro atoms. The van der Waals surface area contributed by atoms with Crippen LogP contribution in [0.2, 0.25) is 0 Å². The normalized spacial score (nSPS) is 34.6. The fourth-order valence-electron chi connectivity index (χ4n) is 6.34. The highest BCUT2D eigenvalue weighted by Crippen LogP contribution is 2.54. The predicted molar refractivity (Wildman–Crippen MR) is 130 cm³/mol. The molecule has 0 radical (unpaired) electrons. The van der Waals surface area contributed by atoms with E-state index in [0.717, 1.165) is 43.4 Å². The molecule has 0 amide bonds. The smallest absolute Gasteiger partial charge is 0.309 e. The zero-order chi connectivity index (χ0) is 23.5. The maximum absolute atomic E-state index is 13.6. The Morgan fingerprint density at radius 1 is 1.27 bits per heavy atom. The van der Waals surface area contributed by atoms with Gasteiger partial charge in [-0.25, -0.2) is 4.39 Å². The number of cyclic esters (lactones) is 1. The van der Waals surface area contributed by atoms with Gasteiger partial charge in [-0.3, -0.25) is 4.79 Å². The van der Waals surface area contributed by atoms with Gasteiger partial charge >= 0.3 is 5.97 Å². The molecule has 2 saturated carbocycles. The first-order valence-electron chi connectivity index (χ1n) is 12.1. The van der Waals surface area contributed by atoms with E-state index in [1.54, 1.807) is 12.1 Å². The van der Waals surface area contributed by atoms with Gasteiger partial charge in [0.15, 0.2) is 0 Å². The SMILES string of the molecule is C=C\C(=C/C=C(N)/C=C/[C@H]1[C@@H]2CC[C@@H](CN)C[C@H]2C[C@H]2C(=O)O[C@H](C)[C@@H]12)c1cccc(F)c1. The summed E-state index contributed by atoms with van der Waals surface area (Å²) in [7, 11) is 0. The molecule has 0 aromatic heterocycles. The quantitative estimate of drug-likeness (QED) is 0.473. The summed E-state index contributed by atoms with van der Waals surface area (Å²) >= 11 is 0. The van der Waals surface area contributed by atoms with Gasteiger partial charge in [-0.2, -0.15) is 0 Å². The Balaban J connectivity index is 1.56.